The predicted molar refractivity (Wildman–Crippen MR) is 60.2 cm³/mol. The maximum Gasteiger partial charge on any atom is 0.328 e. The molecule has 15 heavy (non-hydrogen) atoms. The van der Waals surface area contributed by atoms with Crippen LogP contribution < -0.4 is 5.32 Å². The predicted octanol–water partition coefficient (Wildman–Crippen LogP) is 1.77. The minimum absolute atomic E-state index is 0. The average molecular weight is 228 g/mol. The van der Waals surface area contributed by atoms with Gasteiger partial charge in [0.1, 0.15) is 5.54 Å². The zero-order chi connectivity index (χ0) is 10.0. The molecule has 1 heterocycles. The van der Waals surface area contributed by atoms with Gasteiger partial charge in [0.05, 0.1) is 0 Å². The van der Waals surface area contributed by atoms with Crippen LogP contribution in [0.5, 0.6) is 0 Å². The number of carboxylic acid groups (broad SMARTS) is 1. The van der Waals surface area contributed by atoms with Crippen LogP contribution in [0.4, 0.5) is 0 Å². The van der Waals surface area contributed by atoms with Gasteiger partial charge in [-0.3, -0.25) is 5.32 Å². The Hall–Kier alpha value is -1.06. The summed E-state index contributed by atoms with van der Waals surface area (Å²) in [7, 11) is 0. The fourth-order valence-electron chi connectivity index (χ4n) is 2.02. The molecule has 0 saturated carbocycles. The molecule has 0 radical (unpaired) electrons. The van der Waals surface area contributed by atoms with Gasteiger partial charge in [0.25, 0.3) is 0 Å². The molecule has 0 bridgehead atoms. The summed E-state index contributed by atoms with van der Waals surface area (Å²) in [5.74, 6) is -0.777. The Morgan fingerprint density at radius 1 is 1.33 bits per heavy atom. The van der Waals surface area contributed by atoms with Gasteiger partial charge in [-0.2, -0.15) is 0 Å². The molecular weight excluding hydrogens is 214 g/mol. The third-order valence-corrected chi connectivity index (χ3v) is 2.79. The van der Waals surface area contributed by atoms with Crippen LogP contribution in [-0.2, 0) is 10.3 Å². The lowest BCUT2D eigenvalue weighted by Crippen LogP contribution is -2.44. The lowest BCUT2D eigenvalue weighted by Gasteiger charge is -2.24. The van der Waals surface area contributed by atoms with Crippen LogP contribution in [0.15, 0.2) is 30.3 Å². The third-order valence-electron chi connectivity index (χ3n) is 2.79. The molecule has 1 unspecified atom stereocenters. The number of benzene rings is 1. The van der Waals surface area contributed by atoms with Crippen molar-refractivity contribution < 1.29 is 9.90 Å². The van der Waals surface area contributed by atoms with Crippen LogP contribution >= 0.6 is 12.4 Å². The van der Waals surface area contributed by atoms with E-state index in [1.54, 1.807) is 0 Å². The van der Waals surface area contributed by atoms with Crippen molar-refractivity contribution in [2.45, 2.75) is 18.4 Å². The molecule has 0 spiro atoms. The molecule has 0 aromatic heterocycles. The highest BCUT2D eigenvalue weighted by Crippen LogP contribution is 2.30. The zero-order valence-electron chi connectivity index (χ0n) is 8.27. The molecule has 3 nitrogen and oxygen atoms in total. The van der Waals surface area contributed by atoms with Crippen LogP contribution in [0.3, 0.4) is 0 Å². The molecule has 1 aromatic carbocycles. The van der Waals surface area contributed by atoms with Crippen molar-refractivity contribution in [1.29, 1.82) is 0 Å². The zero-order valence-corrected chi connectivity index (χ0v) is 9.09. The fraction of sp³-hybridized carbons (Fsp3) is 0.364. The largest absolute Gasteiger partial charge is 0.480 e. The molecule has 0 amide bonds. The second kappa shape index (κ2) is 4.64. The van der Waals surface area contributed by atoms with E-state index in [0.29, 0.717) is 6.42 Å². The van der Waals surface area contributed by atoms with E-state index >= 15 is 0 Å². The van der Waals surface area contributed by atoms with Crippen LogP contribution in [0, 0.1) is 0 Å². The normalized spacial score (nSPS) is 24.5. The minimum Gasteiger partial charge on any atom is -0.480 e. The van der Waals surface area contributed by atoms with Gasteiger partial charge in [-0.15, -0.1) is 12.4 Å². The summed E-state index contributed by atoms with van der Waals surface area (Å²) >= 11 is 0. The summed E-state index contributed by atoms with van der Waals surface area (Å²) in [6.45, 7) is 0.779. The number of nitrogens with one attached hydrogen (secondary N) is 1. The SMILES string of the molecule is Cl.O=C(O)C1(c2ccccc2)CCCN1. The Balaban J connectivity index is 0.00000112. The molecule has 1 aliphatic heterocycles. The Bertz CT molecular complexity index is 334. The first-order valence-electron chi connectivity index (χ1n) is 4.80. The van der Waals surface area contributed by atoms with Crippen molar-refractivity contribution in [3.8, 4) is 0 Å². The summed E-state index contributed by atoms with van der Waals surface area (Å²) in [5.41, 5.74) is 0.00588. The van der Waals surface area contributed by atoms with E-state index in [-0.39, 0.29) is 12.4 Å². The van der Waals surface area contributed by atoms with Crippen molar-refractivity contribution in [3.63, 3.8) is 0 Å². The highest BCUT2D eigenvalue weighted by atomic mass is 35.5. The molecule has 2 N–H and O–H groups in total. The molecule has 1 saturated heterocycles. The molecule has 1 aliphatic rings. The first-order chi connectivity index (χ1) is 6.76. The molecule has 1 aromatic rings. The standard InChI is InChI=1S/C11H13NO2.ClH/c13-10(14)11(7-4-8-12-11)9-5-2-1-3-6-9;/h1-3,5-6,12H,4,7-8H2,(H,13,14);1H. The minimum atomic E-state index is -0.846. The van der Waals surface area contributed by atoms with E-state index < -0.39 is 11.5 Å². The average Bonchev–Trinajstić information content (AvgIpc) is 2.69. The van der Waals surface area contributed by atoms with Crippen LogP contribution in [0.25, 0.3) is 0 Å². The quantitative estimate of drug-likeness (QED) is 0.810. The van der Waals surface area contributed by atoms with Gasteiger partial charge < -0.3 is 5.11 Å². The molecule has 4 heteroatoms. The van der Waals surface area contributed by atoms with Gasteiger partial charge in [-0.25, -0.2) is 4.79 Å². The lowest BCUT2D eigenvalue weighted by molar-refractivity contribution is -0.144. The number of carboxylic acids is 1. The number of aliphatic carboxylic acids is 1. The smallest absolute Gasteiger partial charge is 0.328 e. The van der Waals surface area contributed by atoms with Gasteiger partial charge >= 0.3 is 5.97 Å². The third kappa shape index (κ3) is 1.98. The number of hydrogen-bond donors (Lipinski definition) is 2. The Morgan fingerprint density at radius 3 is 2.47 bits per heavy atom. The summed E-state index contributed by atoms with van der Waals surface area (Å²) in [5, 5.41) is 12.3. The van der Waals surface area contributed by atoms with Gasteiger partial charge in [0.2, 0.25) is 0 Å². The van der Waals surface area contributed by atoms with E-state index in [1.807, 2.05) is 30.3 Å². The van der Waals surface area contributed by atoms with Crippen molar-refractivity contribution in [1.82, 2.24) is 5.32 Å². The lowest BCUT2D eigenvalue weighted by atomic mass is 9.88. The summed E-state index contributed by atoms with van der Waals surface area (Å²) < 4.78 is 0. The summed E-state index contributed by atoms with van der Waals surface area (Å²) in [4.78, 5) is 11.3. The Morgan fingerprint density at radius 2 is 2.00 bits per heavy atom. The Labute approximate surface area is 94.9 Å². The van der Waals surface area contributed by atoms with E-state index in [1.165, 1.54) is 0 Å². The molecule has 0 aliphatic carbocycles. The van der Waals surface area contributed by atoms with Gasteiger partial charge in [-0.1, -0.05) is 30.3 Å². The molecule has 1 fully saturated rings. The van der Waals surface area contributed by atoms with E-state index in [9.17, 15) is 9.90 Å². The number of hydrogen-bond acceptors (Lipinski definition) is 2. The number of carbonyl (C=O) groups is 1. The highest BCUT2D eigenvalue weighted by Gasteiger charge is 2.42. The topological polar surface area (TPSA) is 49.3 Å². The second-order valence-electron chi connectivity index (χ2n) is 3.61. The monoisotopic (exact) mass is 227 g/mol. The Kier molecular flexibility index (Phi) is 3.72. The first-order valence-corrected chi connectivity index (χ1v) is 4.80. The fourth-order valence-corrected chi connectivity index (χ4v) is 2.02. The van der Waals surface area contributed by atoms with Gasteiger partial charge in [0.15, 0.2) is 0 Å². The van der Waals surface area contributed by atoms with E-state index in [2.05, 4.69) is 5.32 Å². The summed E-state index contributed by atoms with van der Waals surface area (Å²) in [6, 6.07) is 9.38. The van der Waals surface area contributed by atoms with Crippen molar-refractivity contribution >= 4 is 18.4 Å². The van der Waals surface area contributed by atoms with E-state index in [0.717, 1.165) is 18.5 Å². The number of halogens is 1. The van der Waals surface area contributed by atoms with Crippen LogP contribution in [0.1, 0.15) is 18.4 Å². The summed E-state index contributed by atoms with van der Waals surface area (Å²) in [6.07, 6.45) is 1.59. The van der Waals surface area contributed by atoms with Crippen LogP contribution in [0.2, 0.25) is 0 Å². The van der Waals surface area contributed by atoms with Crippen molar-refractivity contribution in [2.24, 2.45) is 0 Å². The maximum atomic E-state index is 11.3. The molecule has 2 rings (SSSR count). The first kappa shape index (κ1) is 12.0. The molecule has 82 valence electrons. The molecular formula is C11H14ClNO2. The van der Waals surface area contributed by atoms with Gasteiger partial charge in [-0.05, 0) is 24.9 Å². The molecule has 1 atom stereocenters. The van der Waals surface area contributed by atoms with Crippen LogP contribution in [-0.4, -0.2) is 17.6 Å². The van der Waals surface area contributed by atoms with Gasteiger partial charge in [0, 0.05) is 0 Å². The van der Waals surface area contributed by atoms with Crippen molar-refractivity contribution in [2.75, 3.05) is 6.54 Å². The second-order valence-corrected chi connectivity index (χ2v) is 3.61. The van der Waals surface area contributed by atoms with Crippen molar-refractivity contribution in [3.05, 3.63) is 35.9 Å². The van der Waals surface area contributed by atoms with E-state index in [4.69, 9.17) is 0 Å². The number of rotatable bonds is 2. The highest BCUT2D eigenvalue weighted by molar-refractivity contribution is 5.85. The maximum absolute atomic E-state index is 11.3.